The fraction of sp³-hybridized carbons (Fsp3) is 0.941. The van der Waals surface area contributed by atoms with E-state index in [0.29, 0.717) is 6.04 Å². The molecule has 0 amide bonds. The molecular formula is C17H37N5. The van der Waals surface area contributed by atoms with E-state index in [1.54, 1.807) is 0 Å². The van der Waals surface area contributed by atoms with Crippen LogP contribution in [0.25, 0.3) is 0 Å². The van der Waals surface area contributed by atoms with Gasteiger partial charge < -0.3 is 20.4 Å². The van der Waals surface area contributed by atoms with Crippen LogP contribution in [-0.4, -0.2) is 75.2 Å². The number of nitrogens with zero attached hydrogens (tertiary/aromatic N) is 3. The minimum Gasteiger partial charge on any atom is -0.355 e. The van der Waals surface area contributed by atoms with E-state index in [0.717, 1.165) is 19.0 Å². The van der Waals surface area contributed by atoms with Crippen molar-refractivity contribution in [1.29, 1.82) is 0 Å². The van der Waals surface area contributed by atoms with E-state index in [9.17, 15) is 0 Å². The zero-order valence-electron chi connectivity index (χ0n) is 15.2. The zero-order valence-corrected chi connectivity index (χ0v) is 15.2. The number of piperidine rings is 1. The van der Waals surface area contributed by atoms with Crippen LogP contribution in [0.2, 0.25) is 0 Å². The topological polar surface area (TPSA) is 42.9 Å². The summed E-state index contributed by atoms with van der Waals surface area (Å²) < 4.78 is 0. The third-order valence-corrected chi connectivity index (χ3v) is 4.37. The monoisotopic (exact) mass is 311 g/mol. The summed E-state index contributed by atoms with van der Waals surface area (Å²) in [4.78, 5) is 9.31. The Kier molecular flexibility index (Phi) is 10.2. The molecule has 0 aromatic carbocycles. The van der Waals surface area contributed by atoms with E-state index in [4.69, 9.17) is 0 Å². The number of rotatable bonds is 9. The Hall–Kier alpha value is -0.810. The van der Waals surface area contributed by atoms with Gasteiger partial charge in [-0.05, 0) is 45.8 Å². The summed E-state index contributed by atoms with van der Waals surface area (Å²) in [7, 11) is 4.05. The molecule has 22 heavy (non-hydrogen) atoms. The number of hydrogen-bond acceptors (Lipinski definition) is 3. The van der Waals surface area contributed by atoms with E-state index in [-0.39, 0.29) is 0 Å². The maximum atomic E-state index is 4.36. The summed E-state index contributed by atoms with van der Waals surface area (Å²) in [6.07, 6.45) is 6.23. The summed E-state index contributed by atoms with van der Waals surface area (Å²) in [5, 5.41) is 7.02. The van der Waals surface area contributed by atoms with Crippen LogP contribution in [0.3, 0.4) is 0 Å². The standard InChI is InChI=1S/C17H37N5/c1-5-7-12-21(4)15-10-19-17(18-3)20-16-8-13-22(11-6-2)14-9-16/h16H,5-15H2,1-4H3,(H2,18,19,20). The van der Waals surface area contributed by atoms with Gasteiger partial charge in [0, 0.05) is 39.3 Å². The molecule has 0 aromatic rings. The molecule has 1 aliphatic heterocycles. The van der Waals surface area contributed by atoms with Crippen molar-refractivity contribution in [3.05, 3.63) is 0 Å². The van der Waals surface area contributed by atoms with Gasteiger partial charge in [-0.2, -0.15) is 0 Å². The number of likely N-dealkylation sites (N-methyl/N-ethyl adjacent to an activating group) is 1. The molecule has 0 aromatic heterocycles. The lowest BCUT2D eigenvalue weighted by molar-refractivity contribution is 0.206. The van der Waals surface area contributed by atoms with E-state index < -0.39 is 0 Å². The quantitative estimate of drug-likeness (QED) is 0.503. The third-order valence-electron chi connectivity index (χ3n) is 4.37. The summed E-state index contributed by atoms with van der Waals surface area (Å²) >= 11 is 0. The van der Waals surface area contributed by atoms with Gasteiger partial charge in [-0.3, -0.25) is 4.99 Å². The Morgan fingerprint density at radius 3 is 2.50 bits per heavy atom. The maximum absolute atomic E-state index is 4.36. The molecular weight excluding hydrogens is 274 g/mol. The zero-order chi connectivity index (χ0) is 16.2. The SMILES string of the molecule is CCCCN(C)CCNC(=NC)NC1CCN(CCC)CC1. The molecule has 130 valence electrons. The van der Waals surface area contributed by atoms with E-state index in [2.05, 4.69) is 46.3 Å². The fourth-order valence-corrected chi connectivity index (χ4v) is 2.91. The second kappa shape index (κ2) is 11.7. The molecule has 5 heteroatoms. The van der Waals surface area contributed by atoms with Crippen molar-refractivity contribution in [1.82, 2.24) is 20.4 Å². The average Bonchev–Trinajstić information content (AvgIpc) is 2.54. The van der Waals surface area contributed by atoms with Crippen molar-refractivity contribution < 1.29 is 0 Å². The van der Waals surface area contributed by atoms with Gasteiger partial charge in [0.2, 0.25) is 0 Å². The van der Waals surface area contributed by atoms with Crippen LogP contribution in [0.1, 0.15) is 46.0 Å². The summed E-state index contributed by atoms with van der Waals surface area (Å²) in [5.41, 5.74) is 0. The molecule has 0 atom stereocenters. The highest BCUT2D eigenvalue weighted by molar-refractivity contribution is 5.79. The molecule has 1 aliphatic rings. The second-order valence-electron chi connectivity index (χ2n) is 6.42. The first-order valence-corrected chi connectivity index (χ1v) is 9.07. The molecule has 0 spiro atoms. The smallest absolute Gasteiger partial charge is 0.191 e. The third kappa shape index (κ3) is 7.99. The van der Waals surface area contributed by atoms with Crippen LogP contribution >= 0.6 is 0 Å². The van der Waals surface area contributed by atoms with Gasteiger partial charge in [0.25, 0.3) is 0 Å². The normalized spacial score (nSPS) is 18.0. The molecule has 1 rings (SSSR count). The predicted molar refractivity (Wildman–Crippen MR) is 96.7 cm³/mol. The van der Waals surface area contributed by atoms with Crippen LogP contribution in [0.15, 0.2) is 4.99 Å². The van der Waals surface area contributed by atoms with Crippen LogP contribution in [0.4, 0.5) is 0 Å². The highest BCUT2D eigenvalue weighted by Gasteiger charge is 2.19. The van der Waals surface area contributed by atoms with Gasteiger partial charge in [0.1, 0.15) is 0 Å². The van der Waals surface area contributed by atoms with Crippen molar-refractivity contribution in [3.8, 4) is 0 Å². The lowest BCUT2D eigenvalue weighted by Gasteiger charge is -2.32. The van der Waals surface area contributed by atoms with E-state index >= 15 is 0 Å². The predicted octanol–water partition coefficient (Wildman–Crippen LogP) is 1.76. The molecule has 0 bridgehead atoms. The molecule has 0 aliphatic carbocycles. The lowest BCUT2D eigenvalue weighted by Crippen LogP contribution is -2.49. The van der Waals surface area contributed by atoms with Crippen molar-refractivity contribution in [2.45, 2.75) is 52.0 Å². The van der Waals surface area contributed by atoms with E-state index in [1.807, 2.05) is 7.05 Å². The van der Waals surface area contributed by atoms with Gasteiger partial charge in [-0.25, -0.2) is 0 Å². The number of nitrogens with one attached hydrogen (secondary N) is 2. The lowest BCUT2D eigenvalue weighted by atomic mass is 10.1. The Morgan fingerprint density at radius 1 is 1.18 bits per heavy atom. The van der Waals surface area contributed by atoms with Gasteiger partial charge in [0.05, 0.1) is 0 Å². The highest BCUT2D eigenvalue weighted by atomic mass is 15.2. The maximum Gasteiger partial charge on any atom is 0.191 e. The van der Waals surface area contributed by atoms with Gasteiger partial charge >= 0.3 is 0 Å². The molecule has 5 nitrogen and oxygen atoms in total. The number of unbranched alkanes of at least 4 members (excludes halogenated alkanes) is 1. The van der Waals surface area contributed by atoms with Gasteiger partial charge in [-0.15, -0.1) is 0 Å². The number of hydrogen-bond donors (Lipinski definition) is 2. The van der Waals surface area contributed by atoms with Crippen LogP contribution < -0.4 is 10.6 Å². The van der Waals surface area contributed by atoms with Crippen LogP contribution in [0.5, 0.6) is 0 Å². The minimum atomic E-state index is 0.567. The number of aliphatic imine (C=N–C) groups is 1. The number of guanidine groups is 1. The van der Waals surface area contributed by atoms with Gasteiger partial charge in [-0.1, -0.05) is 20.3 Å². The Balaban J connectivity index is 2.17. The first-order valence-electron chi connectivity index (χ1n) is 9.07. The summed E-state index contributed by atoms with van der Waals surface area (Å²) in [6, 6.07) is 0.567. The number of likely N-dealkylation sites (tertiary alicyclic amines) is 1. The molecule has 0 unspecified atom stereocenters. The van der Waals surface area contributed by atoms with Crippen molar-refractivity contribution in [2.75, 3.05) is 53.4 Å². The molecule has 2 N–H and O–H groups in total. The Morgan fingerprint density at radius 2 is 1.91 bits per heavy atom. The van der Waals surface area contributed by atoms with Crippen molar-refractivity contribution in [2.24, 2.45) is 4.99 Å². The first-order chi connectivity index (χ1) is 10.7. The molecule has 0 saturated carbocycles. The van der Waals surface area contributed by atoms with Crippen molar-refractivity contribution in [3.63, 3.8) is 0 Å². The highest BCUT2D eigenvalue weighted by Crippen LogP contribution is 2.10. The molecule has 1 fully saturated rings. The van der Waals surface area contributed by atoms with Crippen LogP contribution in [-0.2, 0) is 0 Å². The first kappa shape index (κ1) is 19.2. The minimum absolute atomic E-state index is 0.567. The molecule has 1 heterocycles. The average molecular weight is 312 g/mol. The van der Waals surface area contributed by atoms with Gasteiger partial charge in [0.15, 0.2) is 5.96 Å². The molecule has 0 radical (unpaired) electrons. The van der Waals surface area contributed by atoms with Crippen LogP contribution in [0, 0.1) is 0 Å². The summed E-state index contributed by atoms with van der Waals surface area (Å²) in [6.45, 7) is 11.4. The largest absolute Gasteiger partial charge is 0.355 e. The van der Waals surface area contributed by atoms with Crippen molar-refractivity contribution >= 4 is 5.96 Å². The Bertz CT molecular complexity index is 297. The summed E-state index contributed by atoms with van der Waals surface area (Å²) in [5.74, 6) is 0.956. The second-order valence-corrected chi connectivity index (χ2v) is 6.42. The molecule has 1 saturated heterocycles. The Labute approximate surface area is 137 Å². The fourth-order valence-electron chi connectivity index (χ4n) is 2.91. The van der Waals surface area contributed by atoms with E-state index in [1.165, 1.54) is 58.3 Å².